The maximum absolute atomic E-state index is 13.5. The van der Waals surface area contributed by atoms with E-state index < -0.39 is 17.9 Å². The minimum absolute atomic E-state index is 0. The first-order valence-corrected chi connectivity index (χ1v) is 18.8. The van der Waals surface area contributed by atoms with Gasteiger partial charge in [-0.15, -0.1) is 52.3 Å². The fraction of sp³-hybridized carbons (Fsp3) is 0.571. The summed E-state index contributed by atoms with van der Waals surface area (Å²) in [7, 11) is 1.35. The van der Waals surface area contributed by atoms with Crippen molar-refractivity contribution >= 4 is 53.2 Å². The summed E-state index contributed by atoms with van der Waals surface area (Å²) in [5.74, 6) is -1.75. The first kappa shape index (κ1) is 40.0. The number of hydrogen-bond donors (Lipinski definition) is 1. The third-order valence-corrected chi connectivity index (χ3v) is 12.2. The van der Waals surface area contributed by atoms with Crippen molar-refractivity contribution < 1.29 is 24.2 Å². The van der Waals surface area contributed by atoms with Gasteiger partial charge in [-0.2, -0.15) is 0 Å². The van der Waals surface area contributed by atoms with Crippen molar-refractivity contribution in [1.82, 2.24) is 4.98 Å². The van der Waals surface area contributed by atoms with Crippen LogP contribution in [0.3, 0.4) is 0 Å². The fourth-order valence-corrected chi connectivity index (χ4v) is 9.20. The minimum Gasteiger partial charge on any atom is -0.681 e. The minimum atomic E-state index is -0.991. The van der Waals surface area contributed by atoms with Crippen molar-refractivity contribution in [2.75, 3.05) is 13.7 Å². The number of carbonyl (C=O) groups is 2. The standard InChI is InChI=1S/C42H54N4O5.Mg/c1-10-13-21(4)16-17-51-35(47)15-14-28-24(7)31-18-29-22(5)26(11-2)33(43-29)19-30-23(6)27(12-3)34(44-30)20-32-25(8)36-40(46-32)37(39(28)45-31)38(41(36)48)42(49)50-9;/h11,16,18-19,24-25,27-28,31-32,34,38-39,48H,2,10,12-15,17,20H2,1,3-9H3;/q-4;+2/b21-16-,29-18-,33-19-;/t24-,25?,27?,28-,31?,32?,34?,38+,39?;/m0./s1. The maximum atomic E-state index is 13.5. The molecular weight excluding hydrogens is 665 g/mol. The van der Waals surface area contributed by atoms with Crippen molar-refractivity contribution in [1.29, 1.82) is 0 Å². The first-order chi connectivity index (χ1) is 24.4. The van der Waals surface area contributed by atoms with E-state index in [1.807, 2.05) is 12.2 Å². The van der Waals surface area contributed by atoms with Gasteiger partial charge in [0.2, 0.25) is 0 Å². The van der Waals surface area contributed by atoms with E-state index in [0.29, 0.717) is 29.7 Å². The quantitative estimate of drug-likeness (QED) is 0.159. The molecule has 52 heavy (non-hydrogen) atoms. The molecule has 9 atom stereocenters. The Bertz CT molecular complexity index is 1840. The van der Waals surface area contributed by atoms with Gasteiger partial charge < -0.3 is 35.5 Å². The average Bonchev–Trinajstić information content (AvgIpc) is 3.84. The molecule has 1 aromatic heterocycles. The molecule has 276 valence electrons. The summed E-state index contributed by atoms with van der Waals surface area (Å²) in [6, 6.07) is -0.832. The van der Waals surface area contributed by atoms with Crippen LogP contribution in [0.2, 0.25) is 0 Å². The summed E-state index contributed by atoms with van der Waals surface area (Å²) in [5, 5.41) is 29.5. The Morgan fingerprint density at radius 3 is 2.52 bits per heavy atom. The van der Waals surface area contributed by atoms with E-state index in [4.69, 9.17) is 30.4 Å². The number of ether oxygens (including phenoxy) is 2. The van der Waals surface area contributed by atoms with Crippen molar-refractivity contribution in [2.45, 2.75) is 111 Å². The number of methoxy groups -OCH3 is 1. The van der Waals surface area contributed by atoms with Crippen LogP contribution in [0, 0.1) is 36.5 Å². The fourth-order valence-electron chi connectivity index (χ4n) is 9.20. The van der Waals surface area contributed by atoms with Gasteiger partial charge in [0.25, 0.3) is 0 Å². The van der Waals surface area contributed by atoms with Crippen molar-refractivity contribution in [3.63, 3.8) is 0 Å². The molecule has 6 unspecified atom stereocenters. The van der Waals surface area contributed by atoms with Crippen LogP contribution in [0.25, 0.3) is 34.2 Å². The Labute approximate surface area is 325 Å². The Kier molecular flexibility index (Phi) is 12.6. The van der Waals surface area contributed by atoms with Gasteiger partial charge in [-0.3, -0.25) is 9.59 Å². The van der Waals surface area contributed by atoms with Gasteiger partial charge in [0.15, 0.2) is 0 Å². The van der Waals surface area contributed by atoms with E-state index in [2.05, 4.69) is 67.2 Å². The van der Waals surface area contributed by atoms with Crippen LogP contribution in [0.1, 0.15) is 91.2 Å². The summed E-state index contributed by atoms with van der Waals surface area (Å²) >= 11 is 0. The van der Waals surface area contributed by atoms with Crippen LogP contribution in [0.4, 0.5) is 0 Å². The molecule has 0 spiro atoms. The second-order valence-corrected chi connectivity index (χ2v) is 15.1. The molecule has 5 heterocycles. The van der Waals surface area contributed by atoms with Crippen LogP contribution >= 0.6 is 0 Å². The third kappa shape index (κ3) is 7.19. The molecule has 4 aliphatic heterocycles. The normalized spacial score (nSPS) is 32.0. The smallest absolute Gasteiger partial charge is 0.681 e. The summed E-state index contributed by atoms with van der Waals surface area (Å²) in [5.41, 5.74) is 7.51. The van der Waals surface area contributed by atoms with Gasteiger partial charge in [-0.1, -0.05) is 99.8 Å². The number of rotatable bonds is 10. The molecule has 0 saturated carbocycles. The van der Waals surface area contributed by atoms with Gasteiger partial charge in [0.05, 0.1) is 7.11 Å². The topological polar surface area (TPSA) is 129 Å². The number of aliphatic hydroxyl groups is 1. The number of nitrogens with zero attached hydrogens (tertiary/aromatic N) is 4. The molecule has 1 aliphatic carbocycles. The first-order valence-electron chi connectivity index (χ1n) is 18.8. The molecule has 10 heteroatoms. The van der Waals surface area contributed by atoms with Gasteiger partial charge in [-0.05, 0) is 62.7 Å². The number of aromatic nitrogens is 1. The van der Waals surface area contributed by atoms with Crippen LogP contribution in [-0.4, -0.2) is 78.0 Å². The Morgan fingerprint density at radius 2 is 1.85 bits per heavy atom. The number of aliphatic hydroxyl groups excluding tert-OH is 1. The maximum Gasteiger partial charge on any atom is 2.00 e. The monoisotopic (exact) mass is 718 g/mol. The van der Waals surface area contributed by atoms with E-state index in [0.717, 1.165) is 46.8 Å². The zero-order valence-corrected chi connectivity index (χ0v) is 33.7. The van der Waals surface area contributed by atoms with Crippen molar-refractivity contribution in [3.8, 4) is 0 Å². The van der Waals surface area contributed by atoms with E-state index >= 15 is 0 Å². The second kappa shape index (κ2) is 16.4. The Hall–Kier alpha value is -3.21. The largest absolute Gasteiger partial charge is 2.00 e. The van der Waals surface area contributed by atoms with Crippen molar-refractivity contribution in [2.24, 2.45) is 29.6 Å². The molecule has 2 fully saturated rings. The van der Waals surface area contributed by atoms with Gasteiger partial charge in [-0.25, -0.2) is 0 Å². The van der Waals surface area contributed by atoms with E-state index in [9.17, 15) is 14.7 Å². The zero-order valence-electron chi connectivity index (χ0n) is 32.2. The van der Waals surface area contributed by atoms with Gasteiger partial charge in [0.1, 0.15) is 18.3 Å². The van der Waals surface area contributed by atoms with E-state index in [1.54, 1.807) is 0 Å². The molecule has 0 aromatic carbocycles. The molecule has 0 amide bonds. The Balaban J connectivity index is 0.00000523. The SMILES string of the molecule is C=Cc1c(C)/c2[n-]/c1=C\C1=C(C)C(CC)C(CC3[N-]C4=C(C5[N-]C(\C=2)[C@@H](C)[C@@H]5CCC(=O)OC/C=C(/C)CCC)[C@@H](C(=O)OC)C(O)=C4C3C)[N-]1.[Mg+2]. The van der Waals surface area contributed by atoms with E-state index in [-0.39, 0.29) is 89.6 Å². The number of hydrogen-bond acceptors (Lipinski definition) is 5. The molecule has 1 aromatic rings. The summed E-state index contributed by atoms with van der Waals surface area (Å²) < 4.78 is 10.9. The molecule has 0 radical (unpaired) electrons. The second-order valence-electron chi connectivity index (χ2n) is 15.1. The van der Waals surface area contributed by atoms with Gasteiger partial charge >= 0.3 is 35.0 Å². The molecule has 9 nitrogen and oxygen atoms in total. The van der Waals surface area contributed by atoms with Gasteiger partial charge in [0, 0.05) is 6.42 Å². The van der Waals surface area contributed by atoms with Crippen LogP contribution < -0.4 is 15.7 Å². The number of fused-ring (bicyclic) bond motifs is 8. The van der Waals surface area contributed by atoms with Crippen LogP contribution in [0.15, 0.2) is 52.1 Å². The molecule has 2 saturated heterocycles. The summed E-state index contributed by atoms with van der Waals surface area (Å²) in [6.45, 7) is 19.2. The number of esters is 2. The number of carbonyl (C=O) groups excluding carboxylic acids is 2. The molecule has 5 aliphatic rings. The van der Waals surface area contributed by atoms with Crippen LogP contribution in [-0.2, 0) is 19.1 Å². The predicted molar refractivity (Wildman–Crippen MR) is 208 cm³/mol. The molecule has 1 N–H and O–H groups in total. The molecule has 8 bridgehead atoms. The van der Waals surface area contributed by atoms with Crippen molar-refractivity contribution in [3.05, 3.63) is 89.9 Å². The summed E-state index contributed by atoms with van der Waals surface area (Å²) in [4.78, 5) is 31.7. The van der Waals surface area contributed by atoms with E-state index in [1.165, 1.54) is 18.3 Å². The zero-order chi connectivity index (χ0) is 36.7. The Morgan fingerprint density at radius 1 is 1.10 bits per heavy atom. The molecule has 6 rings (SSSR count). The number of allylic oxidation sites excluding steroid dienone is 3. The molecular formula is C42H54MgN4O5-2. The summed E-state index contributed by atoms with van der Waals surface area (Å²) in [6.07, 6.45) is 12.5. The predicted octanol–water partition coefficient (Wildman–Crippen LogP) is 6.94. The third-order valence-electron chi connectivity index (χ3n) is 12.2. The average molecular weight is 719 g/mol. The van der Waals surface area contributed by atoms with Crippen LogP contribution in [0.5, 0.6) is 0 Å².